The molecule has 2 heterocycles. The molecule has 2 aromatic heterocycles. The molecule has 0 amide bonds. The van der Waals surface area contributed by atoms with Crippen molar-refractivity contribution in [2.45, 2.75) is 20.1 Å². The standard InChI is InChI=1S/C13H18N4O2/c1-9-4-5-10(19-9)7-17(2)13-6-11(14)15-12(16-13)8-18-3/h4-6H,7-8H2,1-3H3,(H2,14,15,16). The van der Waals surface area contributed by atoms with Crippen LogP contribution in [0.4, 0.5) is 11.6 Å². The van der Waals surface area contributed by atoms with Crippen molar-refractivity contribution in [2.75, 3.05) is 24.8 Å². The molecule has 0 fully saturated rings. The molecule has 0 saturated heterocycles. The molecule has 2 rings (SSSR count). The summed E-state index contributed by atoms with van der Waals surface area (Å²) in [5, 5.41) is 0. The Kier molecular flexibility index (Phi) is 4.01. The molecule has 2 N–H and O–H groups in total. The first-order valence-corrected chi connectivity index (χ1v) is 5.97. The molecule has 102 valence electrons. The smallest absolute Gasteiger partial charge is 0.158 e. The highest BCUT2D eigenvalue weighted by Crippen LogP contribution is 2.17. The van der Waals surface area contributed by atoms with E-state index in [1.807, 2.05) is 31.0 Å². The van der Waals surface area contributed by atoms with Crippen LogP contribution in [0, 0.1) is 6.92 Å². The van der Waals surface area contributed by atoms with E-state index in [0.717, 1.165) is 17.3 Å². The van der Waals surface area contributed by atoms with Crippen LogP contribution in [0.25, 0.3) is 0 Å². The minimum absolute atomic E-state index is 0.339. The van der Waals surface area contributed by atoms with Gasteiger partial charge >= 0.3 is 0 Å². The van der Waals surface area contributed by atoms with E-state index in [4.69, 9.17) is 14.9 Å². The highest BCUT2D eigenvalue weighted by atomic mass is 16.5. The molecule has 6 heteroatoms. The number of hydrogen-bond donors (Lipinski definition) is 1. The lowest BCUT2D eigenvalue weighted by molar-refractivity contribution is 0.178. The van der Waals surface area contributed by atoms with E-state index in [0.29, 0.717) is 24.8 Å². The van der Waals surface area contributed by atoms with E-state index in [2.05, 4.69) is 9.97 Å². The molecule has 0 atom stereocenters. The van der Waals surface area contributed by atoms with Gasteiger partial charge in [-0.15, -0.1) is 0 Å². The Morgan fingerprint density at radius 1 is 1.37 bits per heavy atom. The number of anilines is 2. The molecular formula is C13H18N4O2. The van der Waals surface area contributed by atoms with Crippen LogP contribution in [0.3, 0.4) is 0 Å². The van der Waals surface area contributed by atoms with Gasteiger partial charge in [-0.05, 0) is 19.1 Å². The first kappa shape index (κ1) is 13.4. The topological polar surface area (TPSA) is 77.4 Å². The Morgan fingerprint density at radius 2 is 2.16 bits per heavy atom. The lowest BCUT2D eigenvalue weighted by Crippen LogP contribution is -2.19. The van der Waals surface area contributed by atoms with Crippen LogP contribution in [-0.2, 0) is 17.9 Å². The number of nitrogens with zero attached hydrogens (tertiary/aromatic N) is 3. The van der Waals surface area contributed by atoms with Gasteiger partial charge in [0.15, 0.2) is 5.82 Å². The number of aryl methyl sites for hydroxylation is 1. The number of ether oxygens (including phenoxy) is 1. The number of furan rings is 1. The Labute approximate surface area is 112 Å². The molecule has 0 aliphatic carbocycles. The highest BCUT2D eigenvalue weighted by Gasteiger charge is 2.09. The van der Waals surface area contributed by atoms with Gasteiger partial charge in [-0.2, -0.15) is 0 Å². The van der Waals surface area contributed by atoms with Crippen LogP contribution in [0.5, 0.6) is 0 Å². The normalized spacial score (nSPS) is 10.7. The summed E-state index contributed by atoms with van der Waals surface area (Å²) in [5.74, 6) is 3.52. The summed E-state index contributed by atoms with van der Waals surface area (Å²) in [4.78, 5) is 10.5. The van der Waals surface area contributed by atoms with Crippen LogP contribution in [0.15, 0.2) is 22.6 Å². The average molecular weight is 262 g/mol. The fraction of sp³-hybridized carbons (Fsp3) is 0.385. The van der Waals surface area contributed by atoms with Crippen LogP contribution < -0.4 is 10.6 Å². The summed E-state index contributed by atoms with van der Waals surface area (Å²) in [7, 11) is 3.53. The molecule has 0 spiro atoms. The van der Waals surface area contributed by atoms with Crippen LogP contribution in [0.2, 0.25) is 0 Å². The summed E-state index contributed by atoms with van der Waals surface area (Å²) in [6.07, 6.45) is 0. The minimum atomic E-state index is 0.339. The van der Waals surface area contributed by atoms with Gasteiger partial charge in [-0.25, -0.2) is 9.97 Å². The average Bonchev–Trinajstić information content (AvgIpc) is 2.74. The van der Waals surface area contributed by atoms with Crippen molar-refractivity contribution >= 4 is 11.6 Å². The van der Waals surface area contributed by atoms with Gasteiger partial charge in [0.1, 0.15) is 29.8 Å². The molecule has 0 aliphatic rings. The predicted octanol–water partition coefficient (Wildman–Crippen LogP) is 1.74. The first-order chi connectivity index (χ1) is 9.08. The van der Waals surface area contributed by atoms with Gasteiger partial charge in [-0.3, -0.25) is 0 Å². The van der Waals surface area contributed by atoms with E-state index in [1.54, 1.807) is 13.2 Å². The lowest BCUT2D eigenvalue weighted by atomic mass is 10.4. The minimum Gasteiger partial charge on any atom is -0.464 e. The third kappa shape index (κ3) is 3.45. The highest BCUT2D eigenvalue weighted by molar-refractivity contribution is 5.46. The second-order valence-corrected chi connectivity index (χ2v) is 4.37. The van der Waals surface area contributed by atoms with Crippen molar-refractivity contribution in [3.63, 3.8) is 0 Å². The largest absolute Gasteiger partial charge is 0.464 e. The number of rotatable bonds is 5. The van der Waals surface area contributed by atoms with Crippen molar-refractivity contribution in [2.24, 2.45) is 0 Å². The monoisotopic (exact) mass is 262 g/mol. The number of nitrogens with two attached hydrogens (primary N) is 1. The van der Waals surface area contributed by atoms with Gasteiger partial charge in [-0.1, -0.05) is 0 Å². The SMILES string of the molecule is COCc1nc(N)cc(N(C)Cc2ccc(C)o2)n1. The van der Waals surface area contributed by atoms with Gasteiger partial charge < -0.3 is 19.8 Å². The maximum atomic E-state index is 5.77. The lowest BCUT2D eigenvalue weighted by Gasteiger charge is -2.17. The molecule has 0 unspecified atom stereocenters. The van der Waals surface area contributed by atoms with Crippen molar-refractivity contribution in [1.82, 2.24) is 9.97 Å². The second kappa shape index (κ2) is 5.71. The van der Waals surface area contributed by atoms with E-state index in [-0.39, 0.29) is 0 Å². The van der Waals surface area contributed by atoms with Crippen molar-refractivity contribution in [3.8, 4) is 0 Å². The molecule has 0 radical (unpaired) electrons. The molecule has 2 aromatic rings. The van der Waals surface area contributed by atoms with Gasteiger partial charge in [0.25, 0.3) is 0 Å². The molecule has 0 aromatic carbocycles. The predicted molar refractivity (Wildman–Crippen MR) is 72.7 cm³/mol. The van der Waals surface area contributed by atoms with E-state index >= 15 is 0 Å². The van der Waals surface area contributed by atoms with Crippen molar-refractivity contribution in [1.29, 1.82) is 0 Å². The van der Waals surface area contributed by atoms with Gasteiger partial charge in [0.2, 0.25) is 0 Å². The summed E-state index contributed by atoms with van der Waals surface area (Å²) >= 11 is 0. The Morgan fingerprint density at radius 3 is 2.79 bits per heavy atom. The quantitative estimate of drug-likeness (QED) is 0.884. The fourth-order valence-corrected chi connectivity index (χ4v) is 1.78. The summed E-state index contributed by atoms with van der Waals surface area (Å²) in [5.41, 5.74) is 5.77. The number of methoxy groups -OCH3 is 1. The maximum Gasteiger partial charge on any atom is 0.158 e. The number of hydrogen-bond acceptors (Lipinski definition) is 6. The summed E-state index contributed by atoms with van der Waals surface area (Å²) in [6.45, 7) is 2.88. The number of aromatic nitrogens is 2. The summed E-state index contributed by atoms with van der Waals surface area (Å²) < 4.78 is 10.6. The van der Waals surface area contributed by atoms with Crippen molar-refractivity contribution < 1.29 is 9.15 Å². The van der Waals surface area contributed by atoms with Crippen LogP contribution in [-0.4, -0.2) is 24.1 Å². The first-order valence-electron chi connectivity index (χ1n) is 5.97. The van der Waals surface area contributed by atoms with Crippen LogP contribution in [0.1, 0.15) is 17.3 Å². The van der Waals surface area contributed by atoms with Gasteiger partial charge in [0, 0.05) is 20.2 Å². The third-order valence-corrected chi connectivity index (χ3v) is 2.63. The van der Waals surface area contributed by atoms with Gasteiger partial charge in [0.05, 0.1) is 6.54 Å². The summed E-state index contributed by atoms with van der Waals surface area (Å²) in [6, 6.07) is 5.62. The zero-order valence-corrected chi connectivity index (χ0v) is 11.4. The molecule has 0 aliphatic heterocycles. The maximum absolute atomic E-state index is 5.77. The van der Waals surface area contributed by atoms with Crippen molar-refractivity contribution in [3.05, 3.63) is 35.5 Å². The Bertz CT molecular complexity index is 553. The zero-order valence-electron chi connectivity index (χ0n) is 11.4. The Balaban J connectivity index is 2.15. The third-order valence-electron chi connectivity index (χ3n) is 2.63. The van der Waals surface area contributed by atoms with Crippen LogP contribution >= 0.6 is 0 Å². The molecule has 0 saturated carbocycles. The molecule has 0 bridgehead atoms. The van der Waals surface area contributed by atoms with E-state index in [1.165, 1.54) is 0 Å². The van der Waals surface area contributed by atoms with E-state index in [9.17, 15) is 0 Å². The Hall–Kier alpha value is -2.08. The fourth-order valence-electron chi connectivity index (χ4n) is 1.78. The molecule has 6 nitrogen and oxygen atoms in total. The molecule has 19 heavy (non-hydrogen) atoms. The number of nitrogen functional groups attached to an aromatic ring is 1. The van der Waals surface area contributed by atoms with E-state index < -0.39 is 0 Å². The second-order valence-electron chi connectivity index (χ2n) is 4.37. The molecular weight excluding hydrogens is 244 g/mol. The zero-order chi connectivity index (χ0) is 13.8.